The van der Waals surface area contributed by atoms with Crippen LogP contribution >= 0.6 is 0 Å². The number of rotatable bonds is 4. The first-order valence-electron chi connectivity index (χ1n) is 6.99. The molecular formula is C16H14N4O2S. The van der Waals surface area contributed by atoms with Crippen molar-refractivity contribution in [3.8, 4) is 6.07 Å². The third kappa shape index (κ3) is 2.48. The van der Waals surface area contributed by atoms with Crippen LogP contribution in [0.25, 0.3) is 11.0 Å². The van der Waals surface area contributed by atoms with Crippen molar-refractivity contribution in [2.45, 2.75) is 11.3 Å². The molecule has 23 heavy (non-hydrogen) atoms. The minimum absolute atomic E-state index is 0.0376. The molecule has 3 aromatic rings. The molecule has 1 aromatic carbocycles. The Labute approximate surface area is 133 Å². The van der Waals surface area contributed by atoms with Crippen LogP contribution in [0.4, 0.5) is 0 Å². The molecule has 0 bridgehead atoms. The Bertz CT molecular complexity index is 1020. The van der Waals surface area contributed by atoms with Gasteiger partial charge in [0, 0.05) is 17.8 Å². The molecule has 0 spiro atoms. The molecule has 2 heterocycles. The zero-order valence-electron chi connectivity index (χ0n) is 12.2. The summed E-state index contributed by atoms with van der Waals surface area (Å²) < 4.78 is 27.1. The molecule has 0 aliphatic heterocycles. The number of nitriles is 1. The monoisotopic (exact) mass is 326 g/mol. The first kappa shape index (κ1) is 15.2. The summed E-state index contributed by atoms with van der Waals surface area (Å²) >= 11 is 0. The van der Waals surface area contributed by atoms with Crippen molar-refractivity contribution >= 4 is 21.1 Å². The van der Waals surface area contributed by atoms with E-state index in [-0.39, 0.29) is 10.5 Å². The SMILES string of the molecule is N#Cc1ccccc1S(=O)(=O)n1cc(CCN)c2cccnc21. The molecule has 0 atom stereocenters. The van der Waals surface area contributed by atoms with Crippen molar-refractivity contribution in [3.63, 3.8) is 0 Å². The maximum absolute atomic E-state index is 13.0. The predicted molar refractivity (Wildman–Crippen MR) is 86.2 cm³/mol. The van der Waals surface area contributed by atoms with Gasteiger partial charge in [0.1, 0.15) is 11.0 Å². The van der Waals surface area contributed by atoms with Gasteiger partial charge in [-0.25, -0.2) is 17.4 Å². The van der Waals surface area contributed by atoms with E-state index in [1.165, 1.54) is 24.5 Å². The van der Waals surface area contributed by atoms with E-state index in [1.54, 1.807) is 18.2 Å². The van der Waals surface area contributed by atoms with Gasteiger partial charge in [0.25, 0.3) is 10.0 Å². The summed E-state index contributed by atoms with van der Waals surface area (Å²) in [6.45, 7) is 0.406. The van der Waals surface area contributed by atoms with E-state index in [0.717, 1.165) is 14.9 Å². The summed E-state index contributed by atoms with van der Waals surface area (Å²) in [5, 5.41) is 9.92. The number of hydrogen-bond donors (Lipinski definition) is 1. The molecule has 0 aliphatic carbocycles. The highest BCUT2D eigenvalue weighted by Crippen LogP contribution is 2.26. The van der Waals surface area contributed by atoms with Crippen LogP contribution in [0.5, 0.6) is 0 Å². The van der Waals surface area contributed by atoms with E-state index in [2.05, 4.69) is 4.98 Å². The van der Waals surface area contributed by atoms with E-state index < -0.39 is 10.0 Å². The zero-order valence-corrected chi connectivity index (χ0v) is 13.0. The van der Waals surface area contributed by atoms with Crippen molar-refractivity contribution in [2.24, 2.45) is 5.73 Å². The Kier molecular flexibility index (Phi) is 3.86. The summed E-state index contributed by atoms with van der Waals surface area (Å²) in [6, 6.07) is 11.6. The van der Waals surface area contributed by atoms with Gasteiger partial charge in [0.2, 0.25) is 0 Å². The van der Waals surface area contributed by atoms with Gasteiger partial charge < -0.3 is 5.73 Å². The van der Waals surface area contributed by atoms with Crippen LogP contribution in [-0.2, 0) is 16.4 Å². The van der Waals surface area contributed by atoms with Gasteiger partial charge in [0.15, 0.2) is 5.65 Å². The molecule has 0 unspecified atom stereocenters. The number of nitrogens with zero attached hydrogens (tertiary/aromatic N) is 3. The normalized spacial score (nSPS) is 11.5. The third-order valence-electron chi connectivity index (χ3n) is 3.57. The number of nitrogens with two attached hydrogens (primary N) is 1. The lowest BCUT2D eigenvalue weighted by Crippen LogP contribution is -2.14. The quantitative estimate of drug-likeness (QED) is 0.785. The molecule has 0 saturated heterocycles. The summed E-state index contributed by atoms with van der Waals surface area (Å²) in [4.78, 5) is 4.15. The van der Waals surface area contributed by atoms with Crippen LogP contribution in [0.15, 0.2) is 53.7 Å². The molecule has 0 fully saturated rings. The third-order valence-corrected chi connectivity index (χ3v) is 5.28. The van der Waals surface area contributed by atoms with Crippen LogP contribution in [-0.4, -0.2) is 23.9 Å². The molecule has 0 radical (unpaired) electrons. The number of pyridine rings is 1. The van der Waals surface area contributed by atoms with Crippen molar-refractivity contribution < 1.29 is 8.42 Å². The largest absolute Gasteiger partial charge is 0.330 e. The molecule has 116 valence electrons. The molecule has 7 heteroatoms. The van der Waals surface area contributed by atoms with Crippen molar-refractivity contribution in [1.29, 1.82) is 5.26 Å². The molecule has 0 aliphatic rings. The van der Waals surface area contributed by atoms with Crippen LogP contribution < -0.4 is 5.73 Å². The number of fused-ring (bicyclic) bond motifs is 1. The van der Waals surface area contributed by atoms with Gasteiger partial charge in [0.05, 0.1) is 5.56 Å². The first-order chi connectivity index (χ1) is 11.1. The van der Waals surface area contributed by atoms with Gasteiger partial charge in [-0.05, 0) is 42.8 Å². The summed E-state index contributed by atoms with van der Waals surface area (Å²) in [7, 11) is -3.91. The second-order valence-electron chi connectivity index (χ2n) is 4.98. The van der Waals surface area contributed by atoms with E-state index in [4.69, 9.17) is 5.73 Å². The van der Waals surface area contributed by atoms with Crippen molar-refractivity contribution in [3.05, 3.63) is 59.9 Å². The fourth-order valence-corrected chi connectivity index (χ4v) is 4.02. The molecule has 3 rings (SSSR count). The lowest BCUT2D eigenvalue weighted by molar-refractivity contribution is 0.588. The van der Waals surface area contributed by atoms with Gasteiger partial charge in [-0.3, -0.25) is 0 Å². The molecule has 0 amide bonds. The smallest absolute Gasteiger partial charge is 0.270 e. The standard InChI is InChI=1S/C16H14N4O2S/c17-8-7-13-11-20(16-14(13)5-3-9-19-16)23(21,22)15-6-2-1-4-12(15)10-18/h1-6,9,11H,7-8,17H2. The van der Waals surface area contributed by atoms with E-state index in [1.807, 2.05) is 12.1 Å². The summed E-state index contributed by atoms with van der Waals surface area (Å²) in [6.07, 6.45) is 3.62. The average molecular weight is 326 g/mol. The number of hydrogen-bond acceptors (Lipinski definition) is 5. The highest BCUT2D eigenvalue weighted by Gasteiger charge is 2.24. The molecule has 0 saturated carbocycles. The number of benzene rings is 1. The lowest BCUT2D eigenvalue weighted by atomic mass is 10.2. The van der Waals surface area contributed by atoms with Crippen molar-refractivity contribution in [2.75, 3.05) is 6.54 Å². The Morgan fingerprint density at radius 3 is 2.74 bits per heavy atom. The van der Waals surface area contributed by atoms with Crippen LogP contribution in [0.2, 0.25) is 0 Å². The summed E-state index contributed by atoms with van der Waals surface area (Å²) in [5.41, 5.74) is 6.86. The van der Waals surface area contributed by atoms with E-state index in [9.17, 15) is 13.7 Å². The minimum Gasteiger partial charge on any atom is -0.330 e. The second-order valence-corrected chi connectivity index (χ2v) is 6.76. The topological polar surface area (TPSA) is 102 Å². The van der Waals surface area contributed by atoms with E-state index >= 15 is 0 Å². The highest BCUT2D eigenvalue weighted by molar-refractivity contribution is 7.90. The minimum atomic E-state index is -3.91. The Balaban J connectivity index is 2.30. The van der Waals surface area contributed by atoms with Gasteiger partial charge in [-0.1, -0.05) is 12.1 Å². The maximum Gasteiger partial charge on any atom is 0.270 e. The Hall–Kier alpha value is -2.69. The fourth-order valence-electron chi connectivity index (χ4n) is 2.52. The van der Waals surface area contributed by atoms with Gasteiger partial charge >= 0.3 is 0 Å². The van der Waals surface area contributed by atoms with E-state index in [0.29, 0.717) is 18.6 Å². The molecular weight excluding hydrogens is 312 g/mol. The maximum atomic E-state index is 13.0. The van der Waals surface area contributed by atoms with Crippen LogP contribution in [0, 0.1) is 11.3 Å². The average Bonchev–Trinajstić information content (AvgIpc) is 2.95. The molecule has 2 aromatic heterocycles. The molecule has 6 nitrogen and oxygen atoms in total. The zero-order chi connectivity index (χ0) is 16.4. The van der Waals surface area contributed by atoms with Crippen LogP contribution in [0.3, 0.4) is 0 Å². The predicted octanol–water partition coefficient (Wildman–Crippen LogP) is 1.65. The van der Waals surface area contributed by atoms with Gasteiger partial charge in [-0.15, -0.1) is 0 Å². The fraction of sp³-hybridized carbons (Fsp3) is 0.125. The Morgan fingerprint density at radius 2 is 2.00 bits per heavy atom. The highest BCUT2D eigenvalue weighted by atomic mass is 32.2. The Morgan fingerprint density at radius 1 is 1.22 bits per heavy atom. The van der Waals surface area contributed by atoms with Gasteiger partial charge in [-0.2, -0.15) is 5.26 Å². The first-order valence-corrected chi connectivity index (χ1v) is 8.43. The van der Waals surface area contributed by atoms with Crippen LogP contribution in [0.1, 0.15) is 11.1 Å². The lowest BCUT2D eigenvalue weighted by Gasteiger charge is -2.08. The second kappa shape index (κ2) is 5.83. The molecule has 2 N–H and O–H groups in total. The number of aromatic nitrogens is 2. The van der Waals surface area contributed by atoms with Crippen molar-refractivity contribution in [1.82, 2.24) is 8.96 Å². The summed E-state index contributed by atoms with van der Waals surface area (Å²) in [5.74, 6) is 0.